The average molecular weight is 406 g/mol. The molecule has 0 spiro atoms. The number of hydrazine groups is 1. The topological polar surface area (TPSA) is 92.5 Å². The van der Waals surface area contributed by atoms with Gasteiger partial charge in [0.1, 0.15) is 5.52 Å². The third kappa shape index (κ3) is 4.42. The minimum absolute atomic E-state index is 0.0288. The van der Waals surface area contributed by atoms with E-state index in [4.69, 9.17) is 4.42 Å². The van der Waals surface area contributed by atoms with Gasteiger partial charge in [0.05, 0.1) is 4.90 Å². The molecule has 9 heteroatoms. The lowest BCUT2D eigenvalue weighted by Gasteiger charge is -2.25. The van der Waals surface area contributed by atoms with Gasteiger partial charge in [0.25, 0.3) is 15.9 Å². The van der Waals surface area contributed by atoms with Crippen molar-refractivity contribution in [2.45, 2.75) is 29.9 Å². The number of oxazole rings is 1. The van der Waals surface area contributed by atoms with Gasteiger partial charge in [-0.3, -0.25) is 4.79 Å². The molecule has 2 aromatic carbocycles. The molecule has 7 nitrogen and oxygen atoms in total. The van der Waals surface area contributed by atoms with Crippen LogP contribution in [0.2, 0.25) is 0 Å². The highest BCUT2D eigenvalue weighted by atomic mass is 32.2. The average Bonchev–Trinajstić information content (AvgIpc) is 3.01. The zero-order valence-corrected chi connectivity index (χ0v) is 16.5. The van der Waals surface area contributed by atoms with Crippen molar-refractivity contribution in [2.75, 3.05) is 5.43 Å². The molecule has 0 radical (unpaired) electrons. The van der Waals surface area contributed by atoms with Gasteiger partial charge < -0.3 is 4.42 Å². The summed E-state index contributed by atoms with van der Waals surface area (Å²) in [6.45, 7) is 3.45. The molecule has 0 unspecified atom stereocenters. The highest BCUT2D eigenvalue weighted by Crippen LogP contribution is 2.25. The van der Waals surface area contributed by atoms with E-state index < -0.39 is 20.7 Å². The van der Waals surface area contributed by atoms with E-state index in [2.05, 4.69) is 23.0 Å². The highest BCUT2D eigenvalue weighted by Gasteiger charge is 2.33. The maximum absolute atomic E-state index is 13.0. The first-order chi connectivity index (χ1) is 12.7. The first kappa shape index (κ1) is 19.2. The van der Waals surface area contributed by atoms with E-state index in [1.807, 2.05) is 0 Å². The van der Waals surface area contributed by atoms with Gasteiger partial charge in [0.2, 0.25) is 0 Å². The molecule has 1 N–H and O–H groups in total. The molecule has 0 aliphatic heterocycles. The Morgan fingerprint density at radius 2 is 1.78 bits per heavy atom. The molecule has 0 saturated heterocycles. The van der Waals surface area contributed by atoms with E-state index in [0.717, 1.165) is 0 Å². The van der Waals surface area contributed by atoms with Crippen LogP contribution < -0.4 is 5.43 Å². The molecule has 0 aliphatic carbocycles. The van der Waals surface area contributed by atoms with Crippen molar-refractivity contribution in [1.29, 1.82) is 0 Å². The fraction of sp³-hybridized carbons (Fsp3) is 0.222. The van der Waals surface area contributed by atoms with Gasteiger partial charge in [-0.2, -0.15) is 26.0 Å². The smallest absolute Gasteiger partial charge is 0.316 e. The van der Waals surface area contributed by atoms with Gasteiger partial charge in [-0.25, -0.2) is 5.43 Å². The number of hydrogen-bond acceptors (Lipinski definition) is 7. The van der Waals surface area contributed by atoms with Crippen molar-refractivity contribution in [3.63, 3.8) is 0 Å². The van der Waals surface area contributed by atoms with E-state index in [-0.39, 0.29) is 17.3 Å². The number of fused-ring (bicyclic) bond motifs is 1. The molecule has 3 aromatic rings. The predicted octanol–water partition coefficient (Wildman–Crippen LogP) is 3.47. The Hall–Kier alpha value is -2.52. The number of rotatable bonds is 6. The Morgan fingerprint density at radius 3 is 2.41 bits per heavy atom. The van der Waals surface area contributed by atoms with Crippen LogP contribution in [-0.4, -0.2) is 28.5 Å². The Labute approximate surface area is 162 Å². The van der Waals surface area contributed by atoms with Crippen molar-refractivity contribution in [3.05, 3.63) is 54.6 Å². The van der Waals surface area contributed by atoms with Gasteiger partial charge in [-0.15, -0.1) is 4.41 Å². The summed E-state index contributed by atoms with van der Waals surface area (Å²) < 4.78 is 31.4. The van der Waals surface area contributed by atoms with Crippen molar-refractivity contribution in [1.82, 2.24) is 9.40 Å². The number of aromatic nitrogens is 1. The summed E-state index contributed by atoms with van der Waals surface area (Å²) in [5.41, 5.74) is 3.53. The van der Waals surface area contributed by atoms with Gasteiger partial charge in [0, 0.05) is 11.2 Å². The van der Waals surface area contributed by atoms with Crippen LogP contribution in [0.4, 0.5) is 6.01 Å². The monoisotopic (exact) mass is 405 g/mol. The zero-order valence-electron chi connectivity index (χ0n) is 14.8. The van der Waals surface area contributed by atoms with E-state index in [1.165, 1.54) is 12.1 Å². The minimum atomic E-state index is -4.17. The fourth-order valence-corrected chi connectivity index (χ4v) is 3.78. The van der Waals surface area contributed by atoms with Gasteiger partial charge in [-0.05, 0) is 24.3 Å². The Kier molecular flexibility index (Phi) is 5.16. The van der Waals surface area contributed by atoms with Gasteiger partial charge in [-0.1, -0.05) is 44.2 Å². The van der Waals surface area contributed by atoms with Crippen molar-refractivity contribution in [2.24, 2.45) is 0 Å². The predicted molar refractivity (Wildman–Crippen MR) is 106 cm³/mol. The molecule has 0 bridgehead atoms. The molecule has 142 valence electrons. The number of carbonyl (C=O) groups excluding carboxylic acids is 1. The van der Waals surface area contributed by atoms with Crippen LogP contribution in [0, 0.1) is 0 Å². The third-order valence-corrected chi connectivity index (χ3v) is 5.38. The molecule has 0 fully saturated rings. The van der Waals surface area contributed by atoms with Crippen molar-refractivity contribution in [3.8, 4) is 0 Å². The molecule has 0 saturated carbocycles. The second-order valence-corrected chi connectivity index (χ2v) is 9.56. The van der Waals surface area contributed by atoms with Crippen LogP contribution in [-0.2, 0) is 14.8 Å². The quantitative estimate of drug-likeness (QED) is 0.482. The molecule has 0 atom stereocenters. The highest BCUT2D eigenvalue weighted by molar-refractivity contribution is 7.89. The Balaban J connectivity index is 2.00. The van der Waals surface area contributed by atoms with Crippen molar-refractivity contribution < 1.29 is 17.6 Å². The largest absolute Gasteiger partial charge is 0.422 e. The van der Waals surface area contributed by atoms with E-state index in [9.17, 15) is 13.2 Å². The first-order valence-corrected chi connectivity index (χ1v) is 10.0. The maximum atomic E-state index is 13.0. The van der Waals surface area contributed by atoms with Crippen LogP contribution in [0.25, 0.3) is 11.1 Å². The zero-order chi connectivity index (χ0) is 19.7. The fourth-order valence-electron chi connectivity index (χ4n) is 2.40. The Morgan fingerprint density at radius 1 is 1.15 bits per heavy atom. The standard InChI is InChI=1S/C18H19N3O4S2/c1-18(2,26)12-16(22)21(27(23,24)13-8-4-3-5-9-13)20-17-19-14-10-6-7-11-15(14)25-17/h3-11,26H,12H2,1-2H3,(H,19,20). The molecule has 1 amide bonds. The molecule has 1 aromatic heterocycles. The van der Waals surface area contributed by atoms with Gasteiger partial charge >= 0.3 is 6.01 Å². The Bertz CT molecular complexity index is 1020. The second-order valence-electron chi connectivity index (χ2n) is 6.56. The molecule has 1 heterocycles. The summed E-state index contributed by atoms with van der Waals surface area (Å²) >= 11 is 4.33. The normalized spacial score (nSPS) is 12.1. The molecule has 0 aliphatic rings. The number of anilines is 1. The maximum Gasteiger partial charge on any atom is 0.316 e. The van der Waals surface area contributed by atoms with Crippen LogP contribution in [0.5, 0.6) is 0 Å². The number of sulfonamides is 1. The van der Waals surface area contributed by atoms with Crippen LogP contribution in [0.15, 0.2) is 63.9 Å². The lowest BCUT2D eigenvalue weighted by molar-refractivity contribution is -0.126. The van der Waals surface area contributed by atoms with E-state index in [1.54, 1.807) is 56.3 Å². The SMILES string of the molecule is CC(C)(S)CC(=O)N(Nc1nc2ccccc2o1)S(=O)(=O)c1ccccc1. The molecular formula is C18H19N3O4S2. The van der Waals surface area contributed by atoms with Crippen LogP contribution in [0.3, 0.4) is 0 Å². The van der Waals surface area contributed by atoms with Crippen molar-refractivity contribution >= 4 is 45.7 Å². The number of hydrogen-bond donors (Lipinski definition) is 2. The number of nitrogens with zero attached hydrogens (tertiary/aromatic N) is 2. The number of para-hydroxylation sites is 2. The van der Waals surface area contributed by atoms with Gasteiger partial charge in [0.15, 0.2) is 5.58 Å². The summed E-state index contributed by atoms with van der Waals surface area (Å²) in [7, 11) is -4.17. The number of carbonyl (C=O) groups is 1. The van der Waals surface area contributed by atoms with Crippen LogP contribution in [0.1, 0.15) is 20.3 Å². The third-order valence-electron chi connectivity index (χ3n) is 3.58. The molecular weight excluding hydrogens is 386 g/mol. The first-order valence-electron chi connectivity index (χ1n) is 8.15. The summed E-state index contributed by atoms with van der Waals surface area (Å²) in [5.74, 6) is -0.680. The second kappa shape index (κ2) is 7.24. The lowest BCUT2D eigenvalue weighted by atomic mass is 10.1. The number of amides is 1. The van der Waals surface area contributed by atoms with E-state index >= 15 is 0 Å². The minimum Gasteiger partial charge on any atom is -0.422 e. The summed E-state index contributed by atoms with van der Waals surface area (Å²) in [5, 5.41) is 0. The summed E-state index contributed by atoms with van der Waals surface area (Å²) in [6.07, 6.45) is -0.116. The summed E-state index contributed by atoms with van der Waals surface area (Å²) in [6, 6.07) is 14.5. The van der Waals surface area contributed by atoms with E-state index in [0.29, 0.717) is 15.5 Å². The summed E-state index contributed by atoms with van der Waals surface area (Å²) in [4.78, 5) is 16.9. The molecule has 27 heavy (non-hydrogen) atoms. The number of thiol groups is 1. The lowest BCUT2D eigenvalue weighted by Crippen LogP contribution is -2.43. The molecule has 3 rings (SSSR count). The number of benzene rings is 2. The number of nitrogens with one attached hydrogen (secondary N) is 1. The van der Waals surface area contributed by atoms with Crippen LogP contribution >= 0.6 is 12.6 Å².